The number of carbonyl (C=O) groups excluding carboxylic acids is 1. The lowest BCUT2D eigenvalue weighted by atomic mass is 10.1. The highest BCUT2D eigenvalue weighted by Crippen LogP contribution is 2.31. The van der Waals surface area contributed by atoms with Crippen LogP contribution in [0.1, 0.15) is 35.5 Å². The van der Waals surface area contributed by atoms with Crippen molar-refractivity contribution in [2.24, 2.45) is 0 Å². The third-order valence-corrected chi connectivity index (χ3v) is 4.50. The topological polar surface area (TPSA) is 73.3 Å². The molecule has 1 aromatic heterocycles. The average Bonchev–Trinajstić information content (AvgIpc) is 2.75. The monoisotopic (exact) mass is 445 g/mol. The van der Waals surface area contributed by atoms with E-state index in [0.717, 1.165) is 12.1 Å². The van der Waals surface area contributed by atoms with Crippen molar-refractivity contribution in [1.82, 2.24) is 9.97 Å². The number of nitrogens with zero attached hydrogens (tertiary/aromatic N) is 2. The lowest BCUT2D eigenvalue weighted by Gasteiger charge is -2.14. The van der Waals surface area contributed by atoms with E-state index in [1.165, 1.54) is 18.3 Å². The van der Waals surface area contributed by atoms with Crippen LogP contribution in [0.2, 0.25) is 0 Å². The van der Waals surface area contributed by atoms with Gasteiger partial charge in [0.25, 0.3) is 5.91 Å². The highest BCUT2D eigenvalue weighted by Gasteiger charge is 2.30. The van der Waals surface area contributed by atoms with Gasteiger partial charge in [-0.2, -0.15) is 13.2 Å². The first-order chi connectivity index (χ1) is 15.2. The fourth-order valence-electron chi connectivity index (χ4n) is 2.97. The van der Waals surface area contributed by atoms with Crippen molar-refractivity contribution in [3.8, 4) is 22.9 Å². The van der Waals surface area contributed by atoms with E-state index in [1.807, 2.05) is 13.8 Å². The van der Waals surface area contributed by atoms with Crippen molar-refractivity contribution in [3.05, 3.63) is 65.5 Å². The fourth-order valence-corrected chi connectivity index (χ4v) is 2.97. The number of carbonyl (C=O) groups is 1. The number of hydrogen-bond acceptors (Lipinski definition) is 5. The average molecular weight is 445 g/mol. The summed E-state index contributed by atoms with van der Waals surface area (Å²) in [7, 11) is 0. The summed E-state index contributed by atoms with van der Waals surface area (Å²) in [5.74, 6) is 0.846. The third kappa shape index (κ3) is 5.35. The Morgan fingerprint density at radius 3 is 2.31 bits per heavy atom. The largest absolute Gasteiger partial charge is 0.494 e. The van der Waals surface area contributed by atoms with Crippen LogP contribution in [0.3, 0.4) is 0 Å². The predicted molar refractivity (Wildman–Crippen MR) is 114 cm³/mol. The van der Waals surface area contributed by atoms with Gasteiger partial charge in [-0.25, -0.2) is 9.97 Å². The van der Waals surface area contributed by atoms with Gasteiger partial charge in [-0.3, -0.25) is 4.79 Å². The van der Waals surface area contributed by atoms with E-state index in [1.54, 1.807) is 25.1 Å². The molecule has 0 atom stereocenters. The van der Waals surface area contributed by atoms with Crippen molar-refractivity contribution in [2.45, 2.75) is 26.9 Å². The highest BCUT2D eigenvalue weighted by molar-refractivity contribution is 6.05. The van der Waals surface area contributed by atoms with E-state index in [2.05, 4.69) is 15.3 Å². The van der Waals surface area contributed by atoms with Gasteiger partial charge in [0.05, 0.1) is 35.7 Å². The lowest BCUT2D eigenvalue weighted by molar-refractivity contribution is -0.137. The Kier molecular flexibility index (Phi) is 6.97. The van der Waals surface area contributed by atoms with E-state index in [9.17, 15) is 18.0 Å². The van der Waals surface area contributed by atoms with Crippen molar-refractivity contribution in [2.75, 3.05) is 18.5 Å². The molecule has 0 aliphatic rings. The number of amides is 1. The molecule has 2 aromatic carbocycles. The van der Waals surface area contributed by atoms with E-state index in [-0.39, 0.29) is 11.4 Å². The number of rotatable bonds is 7. The smallest absolute Gasteiger partial charge is 0.416 e. The number of ether oxygens (including phenoxy) is 2. The SMILES string of the molecule is CCOc1ccc(OCC)c(NC(=O)c2cnc(-c3ccc(C(F)(F)F)cc3)nc2C)c1. The predicted octanol–water partition coefficient (Wildman–Crippen LogP) is 5.52. The molecule has 9 heteroatoms. The van der Waals surface area contributed by atoms with Crippen LogP contribution in [0.25, 0.3) is 11.4 Å². The zero-order valence-electron chi connectivity index (χ0n) is 17.8. The minimum atomic E-state index is -4.42. The van der Waals surface area contributed by atoms with Crippen LogP contribution in [0.5, 0.6) is 11.5 Å². The molecular formula is C23H22F3N3O3. The first kappa shape index (κ1) is 23.1. The molecule has 1 N–H and O–H groups in total. The molecule has 0 saturated heterocycles. The van der Waals surface area contributed by atoms with E-state index in [0.29, 0.717) is 41.7 Å². The molecule has 168 valence electrons. The number of aryl methyl sites for hydroxylation is 1. The summed E-state index contributed by atoms with van der Waals surface area (Å²) in [4.78, 5) is 21.3. The number of anilines is 1. The quantitative estimate of drug-likeness (QED) is 0.518. The van der Waals surface area contributed by atoms with Gasteiger partial charge in [-0.1, -0.05) is 12.1 Å². The van der Waals surface area contributed by atoms with Crippen LogP contribution in [-0.2, 0) is 6.18 Å². The number of benzene rings is 2. The molecule has 6 nitrogen and oxygen atoms in total. The van der Waals surface area contributed by atoms with Crippen LogP contribution in [0.15, 0.2) is 48.7 Å². The normalized spacial score (nSPS) is 11.2. The first-order valence-electron chi connectivity index (χ1n) is 9.95. The van der Waals surface area contributed by atoms with Gasteiger partial charge in [0.1, 0.15) is 11.5 Å². The summed E-state index contributed by atoms with van der Waals surface area (Å²) >= 11 is 0. The summed E-state index contributed by atoms with van der Waals surface area (Å²) in [5, 5.41) is 2.79. The van der Waals surface area contributed by atoms with E-state index < -0.39 is 17.6 Å². The molecular weight excluding hydrogens is 423 g/mol. The maximum Gasteiger partial charge on any atom is 0.416 e. The van der Waals surface area contributed by atoms with Gasteiger partial charge in [0.15, 0.2) is 5.82 Å². The molecule has 1 heterocycles. The molecule has 0 bridgehead atoms. The van der Waals surface area contributed by atoms with Crippen molar-refractivity contribution < 1.29 is 27.4 Å². The van der Waals surface area contributed by atoms with Crippen LogP contribution in [0, 0.1) is 6.92 Å². The minimum Gasteiger partial charge on any atom is -0.494 e. The number of alkyl halides is 3. The second-order valence-electron chi connectivity index (χ2n) is 6.75. The lowest BCUT2D eigenvalue weighted by Crippen LogP contribution is -2.16. The Bertz CT molecular complexity index is 1100. The van der Waals surface area contributed by atoms with Crippen LogP contribution in [0.4, 0.5) is 18.9 Å². The van der Waals surface area contributed by atoms with Gasteiger partial charge in [0.2, 0.25) is 0 Å². The zero-order valence-corrected chi connectivity index (χ0v) is 17.8. The molecule has 0 saturated carbocycles. The molecule has 32 heavy (non-hydrogen) atoms. The van der Waals surface area contributed by atoms with Gasteiger partial charge >= 0.3 is 6.18 Å². The minimum absolute atomic E-state index is 0.223. The van der Waals surface area contributed by atoms with Gasteiger partial charge < -0.3 is 14.8 Å². The zero-order chi connectivity index (χ0) is 23.3. The van der Waals surface area contributed by atoms with Gasteiger partial charge in [0, 0.05) is 17.8 Å². The summed E-state index contributed by atoms with van der Waals surface area (Å²) in [6, 6.07) is 9.65. The van der Waals surface area contributed by atoms with E-state index >= 15 is 0 Å². The number of aromatic nitrogens is 2. The fraction of sp³-hybridized carbons (Fsp3) is 0.261. The van der Waals surface area contributed by atoms with Crippen LogP contribution < -0.4 is 14.8 Å². The number of hydrogen-bond donors (Lipinski definition) is 1. The second kappa shape index (κ2) is 9.67. The summed E-state index contributed by atoms with van der Waals surface area (Å²) in [6.45, 7) is 6.21. The van der Waals surface area contributed by atoms with Crippen LogP contribution >= 0.6 is 0 Å². The summed E-state index contributed by atoms with van der Waals surface area (Å²) in [6.07, 6.45) is -3.07. The summed E-state index contributed by atoms with van der Waals surface area (Å²) in [5.41, 5.74) is 0.703. The second-order valence-corrected chi connectivity index (χ2v) is 6.75. The molecule has 0 aliphatic carbocycles. The van der Waals surface area contributed by atoms with Crippen molar-refractivity contribution in [1.29, 1.82) is 0 Å². The molecule has 3 aromatic rings. The Balaban J connectivity index is 1.83. The maximum absolute atomic E-state index is 12.9. The molecule has 0 aliphatic heterocycles. The van der Waals surface area contributed by atoms with Gasteiger partial charge in [-0.15, -0.1) is 0 Å². The Labute approximate surface area is 183 Å². The molecule has 0 spiro atoms. The third-order valence-electron chi connectivity index (χ3n) is 4.50. The van der Waals surface area contributed by atoms with Crippen molar-refractivity contribution in [3.63, 3.8) is 0 Å². The summed E-state index contributed by atoms with van der Waals surface area (Å²) < 4.78 is 49.3. The highest BCUT2D eigenvalue weighted by atomic mass is 19.4. The Hall–Kier alpha value is -3.62. The molecule has 0 radical (unpaired) electrons. The molecule has 0 fully saturated rings. The number of halogens is 3. The molecule has 0 unspecified atom stereocenters. The van der Waals surface area contributed by atoms with Gasteiger partial charge in [-0.05, 0) is 45.0 Å². The molecule has 1 amide bonds. The Morgan fingerprint density at radius 1 is 1.03 bits per heavy atom. The van der Waals surface area contributed by atoms with Crippen LogP contribution in [-0.4, -0.2) is 29.1 Å². The standard InChI is InChI=1S/C23H22F3N3O3/c1-4-31-17-10-11-20(32-5-2)19(12-17)29-22(30)18-13-27-21(28-14(18)3)15-6-8-16(9-7-15)23(24,25)26/h6-13H,4-5H2,1-3H3,(H,29,30). The van der Waals surface area contributed by atoms with Crippen molar-refractivity contribution >= 4 is 11.6 Å². The first-order valence-corrected chi connectivity index (χ1v) is 9.95. The van der Waals surface area contributed by atoms with E-state index in [4.69, 9.17) is 9.47 Å². The maximum atomic E-state index is 12.9. The number of nitrogens with one attached hydrogen (secondary N) is 1. The Morgan fingerprint density at radius 2 is 1.72 bits per heavy atom. The molecule has 3 rings (SSSR count).